The highest BCUT2D eigenvalue weighted by Gasteiger charge is 2.05. The molecular formula is C12H13BrN2O. The Hall–Kier alpha value is -1.13. The molecule has 1 heterocycles. The molecule has 1 unspecified atom stereocenters. The van der Waals surface area contributed by atoms with Crippen LogP contribution in [0.5, 0.6) is 0 Å². The van der Waals surface area contributed by atoms with E-state index in [1.165, 1.54) is 12.0 Å². The lowest BCUT2D eigenvalue weighted by atomic mass is 10.1. The van der Waals surface area contributed by atoms with E-state index in [2.05, 4.69) is 45.3 Å². The van der Waals surface area contributed by atoms with Crippen LogP contribution in [0.1, 0.15) is 24.2 Å². The average molecular weight is 281 g/mol. The van der Waals surface area contributed by atoms with Gasteiger partial charge in [0.2, 0.25) is 0 Å². The lowest BCUT2D eigenvalue weighted by Gasteiger charge is -2.13. The van der Waals surface area contributed by atoms with Crippen LogP contribution >= 0.6 is 15.9 Å². The molecule has 0 saturated carbocycles. The zero-order valence-electron chi connectivity index (χ0n) is 8.98. The van der Waals surface area contributed by atoms with E-state index in [1.807, 2.05) is 12.1 Å². The van der Waals surface area contributed by atoms with Crippen LogP contribution in [0.15, 0.2) is 45.8 Å². The maximum absolute atomic E-state index is 4.91. The van der Waals surface area contributed by atoms with Gasteiger partial charge in [0.05, 0.1) is 5.69 Å². The third kappa shape index (κ3) is 2.93. The van der Waals surface area contributed by atoms with Gasteiger partial charge in [-0.1, -0.05) is 28.1 Å². The number of oxazole rings is 1. The molecule has 0 bridgehead atoms. The number of nitrogens with one attached hydrogen (secondary N) is 1. The first-order valence-corrected chi connectivity index (χ1v) is 5.91. The van der Waals surface area contributed by atoms with Gasteiger partial charge < -0.3 is 9.73 Å². The fourth-order valence-corrected chi connectivity index (χ4v) is 1.89. The molecule has 0 aliphatic rings. The summed E-state index contributed by atoms with van der Waals surface area (Å²) in [7, 11) is 0. The Kier molecular flexibility index (Phi) is 3.74. The van der Waals surface area contributed by atoms with Gasteiger partial charge in [0.15, 0.2) is 6.39 Å². The van der Waals surface area contributed by atoms with E-state index in [-0.39, 0.29) is 6.04 Å². The molecule has 1 aromatic carbocycles. The van der Waals surface area contributed by atoms with Crippen molar-refractivity contribution >= 4 is 15.9 Å². The van der Waals surface area contributed by atoms with E-state index in [0.29, 0.717) is 6.54 Å². The first-order chi connectivity index (χ1) is 7.75. The minimum Gasteiger partial charge on any atom is -0.451 e. The molecule has 0 aliphatic carbocycles. The lowest BCUT2D eigenvalue weighted by molar-refractivity contribution is 0.546. The van der Waals surface area contributed by atoms with Gasteiger partial charge in [0.25, 0.3) is 0 Å². The highest BCUT2D eigenvalue weighted by Crippen LogP contribution is 2.17. The third-order valence-electron chi connectivity index (χ3n) is 2.42. The Morgan fingerprint density at radius 1 is 1.50 bits per heavy atom. The van der Waals surface area contributed by atoms with E-state index in [4.69, 9.17) is 4.42 Å². The fourth-order valence-electron chi connectivity index (χ4n) is 1.48. The average Bonchev–Trinajstić information content (AvgIpc) is 2.78. The normalized spacial score (nSPS) is 12.6. The molecule has 0 fully saturated rings. The Morgan fingerprint density at radius 2 is 2.38 bits per heavy atom. The van der Waals surface area contributed by atoms with Gasteiger partial charge in [-0.25, -0.2) is 4.98 Å². The van der Waals surface area contributed by atoms with Crippen molar-refractivity contribution in [2.75, 3.05) is 0 Å². The van der Waals surface area contributed by atoms with Gasteiger partial charge in [-0.05, 0) is 24.6 Å². The van der Waals surface area contributed by atoms with E-state index < -0.39 is 0 Å². The van der Waals surface area contributed by atoms with Crippen molar-refractivity contribution in [3.63, 3.8) is 0 Å². The number of hydrogen-bond donors (Lipinski definition) is 1. The fraction of sp³-hybridized carbons (Fsp3) is 0.250. The molecule has 3 nitrogen and oxygen atoms in total. The predicted octanol–water partition coefficient (Wildman–Crippen LogP) is 3.29. The predicted molar refractivity (Wildman–Crippen MR) is 65.9 cm³/mol. The van der Waals surface area contributed by atoms with E-state index in [0.717, 1.165) is 10.2 Å². The summed E-state index contributed by atoms with van der Waals surface area (Å²) in [4.78, 5) is 4.06. The molecule has 0 amide bonds. The van der Waals surface area contributed by atoms with Gasteiger partial charge in [-0.2, -0.15) is 0 Å². The Bertz CT molecular complexity index is 442. The van der Waals surface area contributed by atoms with Crippen LogP contribution < -0.4 is 5.32 Å². The molecule has 0 aliphatic heterocycles. The minimum absolute atomic E-state index is 0.286. The monoisotopic (exact) mass is 280 g/mol. The summed E-state index contributed by atoms with van der Waals surface area (Å²) in [5.41, 5.74) is 2.17. The summed E-state index contributed by atoms with van der Waals surface area (Å²) in [6.45, 7) is 2.84. The molecule has 0 radical (unpaired) electrons. The van der Waals surface area contributed by atoms with Crippen LogP contribution in [-0.4, -0.2) is 4.98 Å². The number of nitrogens with zero attached hydrogens (tertiary/aromatic N) is 1. The van der Waals surface area contributed by atoms with E-state index in [9.17, 15) is 0 Å². The van der Waals surface area contributed by atoms with Crippen molar-refractivity contribution in [2.24, 2.45) is 0 Å². The van der Waals surface area contributed by atoms with Crippen LogP contribution in [0.3, 0.4) is 0 Å². The van der Waals surface area contributed by atoms with Crippen LogP contribution in [0.4, 0.5) is 0 Å². The molecule has 1 N–H and O–H groups in total. The van der Waals surface area contributed by atoms with E-state index in [1.54, 1.807) is 6.26 Å². The van der Waals surface area contributed by atoms with Crippen molar-refractivity contribution in [1.82, 2.24) is 10.3 Å². The standard InChI is InChI=1S/C12H13BrN2O/c1-9(10-3-2-4-11(13)5-10)14-6-12-7-16-8-15-12/h2-5,7-9,14H,6H2,1H3. The summed E-state index contributed by atoms with van der Waals surface area (Å²) in [6, 6.07) is 8.56. The third-order valence-corrected chi connectivity index (χ3v) is 2.91. The minimum atomic E-state index is 0.286. The maximum atomic E-state index is 4.91. The van der Waals surface area contributed by atoms with Crippen molar-refractivity contribution in [3.05, 3.63) is 52.7 Å². The zero-order chi connectivity index (χ0) is 11.4. The second-order valence-electron chi connectivity index (χ2n) is 3.64. The molecular weight excluding hydrogens is 268 g/mol. The molecule has 0 spiro atoms. The highest BCUT2D eigenvalue weighted by atomic mass is 79.9. The molecule has 16 heavy (non-hydrogen) atoms. The zero-order valence-corrected chi connectivity index (χ0v) is 10.6. The van der Waals surface area contributed by atoms with Crippen LogP contribution in [0.2, 0.25) is 0 Å². The van der Waals surface area contributed by atoms with Crippen LogP contribution in [0, 0.1) is 0 Å². The number of halogens is 1. The van der Waals surface area contributed by atoms with Crippen LogP contribution in [-0.2, 0) is 6.54 Å². The molecule has 2 aromatic rings. The van der Waals surface area contributed by atoms with Crippen molar-refractivity contribution in [2.45, 2.75) is 19.5 Å². The smallest absolute Gasteiger partial charge is 0.180 e. The van der Waals surface area contributed by atoms with E-state index >= 15 is 0 Å². The molecule has 1 atom stereocenters. The Morgan fingerprint density at radius 3 is 3.06 bits per heavy atom. The van der Waals surface area contributed by atoms with Gasteiger partial charge in [-0.3, -0.25) is 0 Å². The summed E-state index contributed by atoms with van der Waals surface area (Å²) < 4.78 is 6.01. The maximum Gasteiger partial charge on any atom is 0.180 e. The van der Waals surface area contributed by atoms with Crippen molar-refractivity contribution < 1.29 is 4.42 Å². The highest BCUT2D eigenvalue weighted by molar-refractivity contribution is 9.10. The molecule has 2 rings (SSSR count). The second-order valence-corrected chi connectivity index (χ2v) is 4.55. The topological polar surface area (TPSA) is 38.1 Å². The molecule has 84 valence electrons. The molecule has 1 aromatic heterocycles. The van der Waals surface area contributed by atoms with Crippen LogP contribution in [0.25, 0.3) is 0 Å². The quantitative estimate of drug-likeness (QED) is 0.934. The number of aromatic nitrogens is 1. The lowest BCUT2D eigenvalue weighted by Crippen LogP contribution is -2.18. The summed E-state index contributed by atoms with van der Waals surface area (Å²) in [5, 5.41) is 3.39. The Labute approximate surface area is 103 Å². The first kappa shape index (κ1) is 11.4. The Balaban J connectivity index is 1.95. The number of benzene rings is 1. The van der Waals surface area contributed by atoms with Gasteiger partial charge in [0.1, 0.15) is 6.26 Å². The molecule has 0 saturated heterocycles. The largest absolute Gasteiger partial charge is 0.451 e. The number of rotatable bonds is 4. The van der Waals surface area contributed by atoms with Gasteiger partial charge in [0, 0.05) is 17.1 Å². The number of hydrogen-bond acceptors (Lipinski definition) is 3. The van der Waals surface area contributed by atoms with Crippen molar-refractivity contribution in [3.8, 4) is 0 Å². The van der Waals surface area contributed by atoms with Gasteiger partial charge >= 0.3 is 0 Å². The summed E-state index contributed by atoms with van der Waals surface area (Å²) in [5.74, 6) is 0. The summed E-state index contributed by atoms with van der Waals surface area (Å²) in [6.07, 6.45) is 3.10. The van der Waals surface area contributed by atoms with Gasteiger partial charge in [-0.15, -0.1) is 0 Å². The van der Waals surface area contributed by atoms with Crippen molar-refractivity contribution in [1.29, 1.82) is 0 Å². The SMILES string of the molecule is CC(NCc1cocn1)c1cccc(Br)c1. The molecule has 4 heteroatoms. The second kappa shape index (κ2) is 5.27. The summed E-state index contributed by atoms with van der Waals surface area (Å²) >= 11 is 3.47. The first-order valence-electron chi connectivity index (χ1n) is 5.11.